The summed E-state index contributed by atoms with van der Waals surface area (Å²) >= 11 is 0. The first-order valence-corrected chi connectivity index (χ1v) is 13.1. The van der Waals surface area contributed by atoms with E-state index in [-0.39, 0.29) is 24.5 Å². The molecule has 0 spiro atoms. The van der Waals surface area contributed by atoms with Crippen LogP contribution < -0.4 is 10.1 Å². The van der Waals surface area contributed by atoms with Gasteiger partial charge in [0.05, 0.1) is 13.5 Å². The predicted molar refractivity (Wildman–Crippen MR) is 153 cm³/mol. The molecule has 0 aromatic heterocycles. The second-order valence-electron chi connectivity index (χ2n) is 10.4. The zero-order valence-corrected chi connectivity index (χ0v) is 22.4. The largest absolute Gasteiger partial charge is 0.491 e. The highest BCUT2D eigenvalue weighted by Crippen LogP contribution is 2.23. The number of aliphatic hydroxyl groups is 1. The van der Waals surface area contributed by atoms with Crippen molar-refractivity contribution in [2.45, 2.75) is 44.8 Å². The summed E-state index contributed by atoms with van der Waals surface area (Å²) in [5.41, 5.74) is 4.12. The fourth-order valence-corrected chi connectivity index (χ4v) is 4.64. The smallest absolute Gasteiger partial charge is 0.309 e. The molecular weight excluding hydrogens is 474 g/mol. The fourth-order valence-electron chi connectivity index (χ4n) is 4.64. The Morgan fingerprint density at radius 2 is 1.61 bits per heavy atom. The number of benzene rings is 4. The highest BCUT2D eigenvalue weighted by molar-refractivity contribution is 5.83. The van der Waals surface area contributed by atoms with Crippen molar-refractivity contribution in [3.63, 3.8) is 0 Å². The first-order valence-electron chi connectivity index (χ1n) is 13.1. The lowest BCUT2D eigenvalue weighted by Crippen LogP contribution is -2.46. The number of rotatable bonds is 12. The third-order valence-corrected chi connectivity index (χ3v) is 6.70. The lowest BCUT2D eigenvalue weighted by Gasteiger charge is -2.28. The molecule has 0 amide bonds. The molecule has 2 N–H and O–H groups in total. The average Bonchev–Trinajstić information content (AvgIpc) is 2.92. The fraction of sp³-hybridized carbons (Fsp3) is 0.303. The number of carbonyl (C=O) groups is 1. The van der Waals surface area contributed by atoms with Crippen LogP contribution in [-0.4, -0.2) is 43.0 Å². The number of nitrogens with one attached hydrogen (secondary N) is 1. The van der Waals surface area contributed by atoms with Crippen LogP contribution in [-0.2, 0) is 28.8 Å². The lowest BCUT2D eigenvalue weighted by atomic mass is 9.93. The molecule has 1 unspecified atom stereocenters. The van der Waals surface area contributed by atoms with E-state index in [1.807, 2.05) is 36.4 Å². The van der Waals surface area contributed by atoms with Gasteiger partial charge in [-0.2, -0.15) is 0 Å². The number of carbonyl (C=O) groups excluding carboxylic acids is 1. The second kappa shape index (κ2) is 12.7. The number of fused-ring (bicyclic) bond motifs is 1. The summed E-state index contributed by atoms with van der Waals surface area (Å²) in [4.78, 5) is 11.9. The van der Waals surface area contributed by atoms with Gasteiger partial charge in [-0.3, -0.25) is 4.79 Å². The maximum atomic E-state index is 11.9. The minimum Gasteiger partial charge on any atom is -0.491 e. The van der Waals surface area contributed by atoms with E-state index in [1.54, 1.807) is 0 Å². The van der Waals surface area contributed by atoms with Crippen molar-refractivity contribution in [3.05, 3.63) is 113 Å². The predicted octanol–water partition coefficient (Wildman–Crippen LogP) is 5.50. The number of aliphatic hydroxyl groups excluding tert-OH is 1. The molecule has 0 heterocycles. The number of methoxy groups -OCH3 is 1. The molecule has 5 nitrogen and oxygen atoms in total. The van der Waals surface area contributed by atoms with Gasteiger partial charge in [-0.05, 0) is 71.8 Å². The SMILES string of the molecule is COC(=O)Cc1ccc(OCC(O)CNC(C)(C)Cc2ccc3ccccc3c2)cc1Cc1ccccc1. The van der Waals surface area contributed by atoms with E-state index in [0.717, 1.165) is 23.1 Å². The Labute approximate surface area is 225 Å². The Hall–Kier alpha value is -3.67. The quantitative estimate of drug-likeness (QED) is 0.246. The van der Waals surface area contributed by atoms with Crippen molar-refractivity contribution in [1.29, 1.82) is 0 Å². The van der Waals surface area contributed by atoms with Gasteiger partial charge < -0.3 is 19.9 Å². The zero-order valence-electron chi connectivity index (χ0n) is 22.4. The molecule has 4 rings (SSSR count). The summed E-state index contributed by atoms with van der Waals surface area (Å²) in [6.45, 7) is 4.87. The monoisotopic (exact) mass is 511 g/mol. The Morgan fingerprint density at radius 3 is 2.37 bits per heavy atom. The molecule has 0 aliphatic carbocycles. The normalized spacial score (nSPS) is 12.3. The Bertz CT molecular complexity index is 1350. The third kappa shape index (κ3) is 7.91. The van der Waals surface area contributed by atoms with Crippen molar-refractivity contribution in [2.75, 3.05) is 20.3 Å². The molecule has 5 heteroatoms. The van der Waals surface area contributed by atoms with E-state index >= 15 is 0 Å². The van der Waals surface area contributed by atoms with Gasteiger partial charge in [0.2, 0.25) is 0 Å². The molecule has 0 saturated heterocycles. The number of β-amino-alcohol motifs (C(OH)–C–C–N with tert-alkyl or cyclic N) is 1. The van der Waals surface area contributed by atoms with Crippen LogP contribution in [0.5, 0.6) is 5.75 Å². The lowest BCUT2D eigenvalue weighted by molar-refractivity contribution is -0.139. The first kappa shape index (κ1) is 27.4. The van der Waals surface area contributed by atoms with Gasteiger partial charge in [-0.1, -0.05) is 78.9 Å². The highest BCUT2D eigenvalue weighted by atomic mass is 16.5. The molecule has 0 aliphatic rings. The summed E-state index contributed by atoms with van der Waals surface area (Å²) in [5, 5.41) is 16.6. The van der Waals surface area contributed by atoms with Crippen molar-refractivity contribution in [1.82, 2.24) is 5.32 Å². The molecular formula is C33H37NO4. The summed E-state index contributed by atoms with van der Waals surface area (Å²) in [7, 11) is 1.40. The number of hydrogen-bond acceptors (Lipinski definition) is 5. The van der Waals surface area contributed by atoms with E-state index < -0.39 is 6.10 Å². The van der Waals surface area contributed by atoms with Crippen LogP contribution >= 0.6 is 0 Å². The molecule has 198 valence electrons. The average molecular weight is 512 g/mol. The summed E-state index contributed by atoms with van der Waals surface area (Å²) in [6, 6.07) is 30.7. The van der Waals surface area contributed by atoms with Gasteiger partial charge in [-0.25, -0.2) is 0 Å². The maximum Gasteiger partial charge on any atom is 0.309 e. The summed E-state index contributed by atoms with van der Waals surface area (Å²) in [6.07, 6.45) is 1.06. The molecule has 0 bridgehead atoms. The number of ether oxygens (including phenoxy) is 2. The summed E-state index contributed by atoms with van der Waals surface area (Å²) < 4.78 is 10.8. The Morgan fingerprint density at radius 1 is 0.868 bits per heavy atom. The van der Waals surface area contributed by atoms with E-state index in [4.69, 9.17) is 9.47 Å². The van der Waals surface area contributed by atoms with Crippen LogP contribution in [0.1, 0.15) is 36.1 Å². The standard InChI is InChI=1S/C33H37NO4/c1-33(2,21-25-13-14-26-11-7-8-12-27(26)18-25)34-22-30(35)23-38-31-16-15-28(20-32(36)37-3)29(19-31)17-24-9-5-4-6-10-24/h4-16,18-19,30,34-35H,17,20-23H2,1-3H3. The van der Waals surface area contributed by atoms with E-state index in [0.29, 0.717) is 18.7 Å². The molecule has 1 atom stereocenters. The van der Waals surface area contributed by atoms with Gasteiger partial charge in [-0.15, -0.1) is 0 Å². The van der Waals surface area contributed by atoms with Crippen molar-refractivity contribution < 1.29 is 19.4 Å². The molecule has 4 aromatic carbocycles. The van der Waals surface area contributed by atoms with Crippen LogP contribution in [0.4, 0.5) is 0 Å². The molecule has 4 aromatic rings. The van der Waals surface area contributed by atoms with Gasteiger partial charge in [0.15, 0.2) is 0 Å². The van der Waals surface area contributed by atoms with Crippen LogP contribution in [0, 0.1) is 0 Å². The first-order chi connectivity index (χ1) is 18.3. The van der Waals surface area contributed by atoms with Gasteiger partial charge >= 0.3 is 5.97 Å². The van der Waals surface area contributed by atoms with Gasteiger partial charge in [0, 0.05) is 12.1 Å². The minimum atomic E-state index is -0.668. The Kier molecular flexibility index (Phi) is 9.16. The van der Waals surface area contributed by atoms with Crippen LogP contribution in [0.3, 0.4) is 0 Å². The number of esters is 1. The zero-order chi connectivity index (χ0) is 27.0. The Balaban J connectivity index is 1.33. The summed E-state index contributed by atoms with van der Waals surface area (Å²) in [5.74, 6) is 0.389. The molecule has 0 aliphatic heterocycles. The molecule has 38 heavy (non-hydrogen) atoms. The topological polar surface area (TPSA) is 67.8 Å². The second-order valence-corrected chi connectivity index (χ2v) is 10.4. The van der Waals surface area contributed by atoms with Crippen LogP contribution in [0.2, 0.25) is 0 Å². The van der Waals surface area contributed by atoms with Crippen molar-refractivity contribution >= 4 is 16.7 Å². The molecule has 0 radical (unpaired) electrons. The maximum absolute atomic E-state index is 11.9. The molecule has 0 fully saturated rings. The van der Waals surface area contributed by atoms with Crippen molar-refractivity contribution in [2.24, 2.45) is 0 Å². The highest BCUT2D eigenvalue weighted by Gasteiger charge is 2.20. The van der Waals surface area contributed by atoms with E-state index in [9.17, 15) is 9.90 Å². The van der Waals surface area contributed by atoms with E-state index in [1.165, 1.54) is 23.4 Å². The van der Waals surface area contributed by atoms with Crippen LogP contribution in [0.25, 0.3) is 10.8 Å². The third-order valence-electron chi connectivity index (χ3n) is 6.70. The van der Waals surface area contributed by atoms with Gasteiger partial charge in [0.25, 0.3) is 0 Å². The van der Waals surface area contributed by atoms with Crippen molar-refractivity contribution in [3.8, 4) is 5.75 Å². The van der Waals surface area contributed by atoms with Crippen LogP contribution in [0.15, 0.2) is 91.0 Å². The molecule has 0 saturated carbocycles. The minimum absolute atomic E-state index is 0.167. The number of hydrogen-bond donors (Lipinski definition) is 2. The van der Waals surface area contributed by atoms with Gasteiger partial charge in [0.1, 0.15) is 18.5 Å². The van der Waals surface area contributed by atoms with E-state index in [2.05, 4.69) is 73.8 Å².